The van der Waals surface area contributed by atoms with Gasteiger partial charge in [0.05, 0.1) is 11.6 Å². The summed E-state index contributed by atoms with van der Waals surface area (Å²) in [6.07, 6.45) is 10.5. The van der Waals surface area contributed by atoms with E-state index in [4.69, 9.17) is 0 Å². The lowest BCUT2D eigenvalue weighted by molar-refractivity contribution is 0.604. The molecule has 3 aromatic heterocycles. The van der Waals surface area contributed by atoms with Crippen LogP contribution in [0.1, 0.15) is 41.7 Å². The van der Waals surface area contributed by atoms with E-state index in [2.05, 4.69) is 32.4 Å². The van der Waals surface area contributed by atoms with Crippen molar-refractivity contribution in [3.63, 3.8) is 0 Å². The summed E-state index contributed by atoms with van der Waals surface area (Å²) in [7, 11) is 0. The zero-order chi connectivity index (χ0) is 15.6. The fourth-order valence-corrected chi connectivity index (χ4v) is 4.35. The fraction of sp³-hybridized carbons (Fsp3) is 0.294. The number of pyridine rings is 1. The fourth-order valence-electron chi connectivity index (χ4n) is 3.08. The van der Waals surface area contributed by atoms with Crippen LogP contribution < -0.4 is 5.43 Å². The molecule has 6 heteroatoms. The predicted octanol–water partition coefficient (Wildman–Crippen LogP) is 3.97. The second kappa shape index (κ2) is 6.04. The Bertz CT molecular complexity index is 856. The SMILES string of the molecule is CC1CCCc2c1sc1ncnc(N/N=C/c3cccnc3)c21. The number of nitrogens with zero attached hydrogens (tertiary/aromatic N) is 4. The first-order chi connectivity index (χ1) is 11.3. The number of nitrogens with one attached hydrogen (secondary N) is 1. The van der Waals surface area contributed by atoms with Crippen molar-refractivity contribution in [2.24, 2.45) is 5.10 Å². The van der Waals surface area contributed by atoms with Gasteiger partial charge in [-0.15, -0.1) is 11.3 Å². The summed E-state index contributed by atoms with van der Waals surface area (Å²) in [5.74, 6) is 1.41. The topological polar surface area (TPSA) is 63.1 Å². The third-order valence-electron chi connectivity index (χ3n) is 4.20. The van der Waals surface area contributed by atoms with Crippen LogP contribution in [0.5, 0.6) is 0 Å². The molecule has 0 aliphatic heterocycles. The number of hydrazone groups is 1. The molecule has 1 unspecified atom stereocenters. The Morgan fingerprint density at radius 2 is 2.35 bits per heavy atom. The average Bonchev–Trinajstić information content (AvgIpc) is 2.97. The van der Waals surface area contributed by atoms with Gasteiger partial charge in [0.15, 0.2) is 5.82 Å². The van der Waals surface area contributed by atoms with Crippen LogP contribution in [-0.4, -0.2) is 21.2 Å². The molecule has 1 aliphatic rings. The molecular weight excluding hydrogens is 306 g/mol. The third kappa shape index (κ3) is 2.70. The van der Waals surface area contributed by atoms with Crippen LogP contribution in [0.4, 0.5) is 5.82 Å². The number of hydrogen-bond acceptors (Lipinski definition) is 6. The molecule has 1 aliphatic carbocycles. The lowest BCUT2D eigenvalue weighted by Gasteiger charge is -2.18. The van der Waals surface area contributed by atoms with Crippen molar-refractivity contribution in [3.8, 4) is 0 Å². The number of aromatic nitrogens is 3. The molecule has 1 atom stereocenters. The van der Waals surface area contributed by atoms with E-state index in [1.165, 1.54) is 23.3 Å². The summed E-state index contributed by atoms with van der Waals surface area (Å²) < 4.78 is 0. The number of thiophene rings is 1. The lowest BCUT2D eigenvalue weighted by atomic mass is 9.89. The van der Waals surface area contributed by atoms with Gasteiger partial charge < -0.3 is 0 Å². The molecule has 0 saturated carbocycles. The van der Waals surface area contributed by atoms with E-state index in [-0.39, 0.29) is 0 Å². The average molecular weight is 323 g/mol. The zero-order valence-corrected chi connectivity index (χ0v) is 13.7. The highest BCUT2D eigenvalue weighted by Crippen LogP contribution is 2.43. The molecule has 23 heavy (non-hydrogen) atoms. The minimum Gasteiger partial charge on any atom is -0.264 e. The summed E-state index contributed by atoms with van der Waals surface area (Å²) in [5, 5.41) is 5.45. The Kier molecular flexibility index (Phi) is 3.75. The van der Waals surface area contributed by atoms with Gasteiger partial charge in [0.2, 0.25) is 0 Å². The molecule has 0 spiro atoms. The highest BCUT2D eigenvalue weighted by atomic mass is 32.1. The van der Waals surface area contributed by atoms with E-state index in [0.29, 0.717) is 5.92 Å². The van der Waals surface area contributed by atoms with Gasteiger partial charge in [0.25, 0.3) is 0 Å². The molecule has 1 N–H and O–H groups in total. The lowest BCUT2D eigenvalue weighted by Crippen LogP contribution is -2.04. The number of aryl methyl sites for hydroxylation is 1. The molecule has 0 saturated heterocycles. The molecule has 0 bridgehead atoms. The first kappa shape index (κ1) is 14.3. The third-order valence-corrected chi connectivity index (χ3v) is 5.57. The molecule has 4 rings (SSSR count). The highest BCUT2D eigenvalue weighted by Gasteiger charge is 2.24. The Morgan fingerprint density at radius 3 is 3.22 bits per heavy atom. The normalized spacial score (nSPS) is 17.5. The number of anilines is 1. The standard InChI is InChI=1S/C17H17N5S/c1-11-4-2-6-13-14-16(19-10-20-17(14)23-15(11)13)22-21-9-12-5-3-7-18-8-12/h3,5,7-11H,2,4,6H2,1H3,(H,19,20,22)/b21-9+. The second-order valence-corrected chi connectivity index (χ2v) is 6.83. The summed E-state index contributed by atoms with van der Waals surface area (Å²) in [6.45, 7) is 2.30. The largest absolute Gasteiger partial charge is 0.264 e. The Balaban J connectivity index is 1.69. The number of hydrogen-bond donors (Lipinski definition) is 1. The Labute approximate surface area is 138 Å². The van der Waals surface area contributed by atoms with Crippen LogP contribution in [-0.2, 0) is 6.42 Å². The van der Waals surface area contributed by atoms with Crippen LogP contribution in [0.3, 0.4) is 0 Å². The van der Waals surface area contributed by atoms with E-state index in [0.717, 1.165) is 28.0 Å². The van der Waals surface area contributed by atoms with Crippen molar-refractivity contribution in [2.75, 3.05) is 5.43 Å². The van der Waals surface area contributed by atoms with Crippen molar-refractivity contribution in [1.82, 2.24) is 15.0 Å². The molecule has 5 nitrogen and oxygen atoms in total. The van der Waals surface area contributed by atoms with E-state index in [1.54, 1.807) is 36.3 Å². The van der Waals surface area contributed by atoms with Crippen LogP contribution in [0, 0.1) is 0 Å². The van der Waals surface area contributed by atoms with Gasteiger partial charge in [0.1, 0.15) is 11.2 Å². The van der Waals surface area contributed by atoms with Crippen LogP contribution in [0.2, 0.25) is 0 Å². The van der Waals surface area contributed by atoms with Gasteiger partial charge in [0, 0.05) is 22.8 Å². The van der Waals surface area contributed by atoms with Crippen molar-refractivity contribution < 1.29 is 0 Å². The van der Waals surface area contributed by atoms with Crippen molar-refractivity contribution >= 4 is 33.6 Å². The van der Waals surface area contributed by atoms with E-state index in [9.17, 15) is 0 Å². The molecule has 3 aromatic rings. The molecule has 116 valence electrons. The van der Waals surface area contributed by atoms with Crippen LogP contribution in [0.15, 0.2) is 36.0 Å². The maximum absolute atomic E-state index is 4.45. The molecule has 0 radical (unpaired) electrons. The van der Waals surface area contributed by atoms with Gasteiger partial charge in [-0.2, -0.15) is 5.10 Å². The molecule has 0 aromatic carbocycles. The molecule has 3 heterocycles. The van der Waals surface area contributed by atoms with Gasteiger partial charge in [-0.1, -0.05) is 13.0 Å². The first-order valence-corrected chi connectivity index (χ1v) is 8.60. The predicted molar refractivity (Wildman–Crippen MR) is 94.2 cm³/mol. The van der Waals surface area contributed by atoms with Crippen molar-refractivity contribution in [2.45, 2.75) is 32.1 Å². The summed E-state index contributed by atoms with van der Waals surface area (Å²) >= 11 is 1.80. The van der Waals surface area contributed by atoms with Crippen molar-refractivity contribution in [1.29, 1.82) is 0 Å². The minimum absolute atomic E-state index is 0.615. The number of fused-ring (bicyclic) bond motifs is 3. The maximum Gasteiger partial charge on any atom is 0.158 e. The van der Waals surface area contributed by atoms with Gasteiger partial charge in [-0.25, -0.2) is 9.97 Å². The second-order valence-electron chi connectivity index (χ2n) is 5.80. The number of rotatable bonds is 3. The molecular formula is C17H17N5S. The quantitative estimate of drug-likeness (QED) is 0.585. The molecule has 0 amide bonds. The van der Waals surface area contributed by atoms with Crippen LogP contribution >= 0.6 is 11.3 Å². The summed E-state index contributed by atoms with van der Waals surface area (Å²) in [4.78, 5) is 15.4. The van der Waals surface area contributed by atoms with E-state index < -0.39 is 0 Å². The molecule has 0 fully saturated rings. The van der Waals surface area contributed by atoms with E-state index >= 15 is 0 Å². The van der Waals surface area contributed by atoms with Gasteiger partial charge in [-0.3, -0.25) is 10.4 Å². The first-order valence-electron chi connectivity index (χ1n) is 7.78. The highest BCUT2D eigenvalue weighted by molar-refractivity contribution is 7.19. The van der Waals surface area contributed by atoms with Gasteiger partial charge >= 0.3 is 0 Å². The Morgan fingerprint density at radius 1 is 1.39 bits per heavy atom. The summed E-state index contributed by atoms with van der Waals surface area (Å²) in [6, 6.07) is 3.85. The monoisotopic (exact) mass is 323 g/mol. The van der Waals surface area contributed by atoms with Crippen molar-refractivity contribution in [3.05, 3.63) is 46.9 Å². The minimum atomic E-state index is 0.615. The summed E-state index contributed by atoms with van der Waals surface area (Å²) in [5.41, 5.74) is 5.44. The zero-order valence-electron chi connectivity index (χ0n) is 12.9. The van der Waals surface area contributed by atoms with E-state index in [1.807, 2.05) is 12.1 Å². The smallest absolute Gasteiger partial charge is 0.158 e. The maximum atomic E-state index is 4.45. The van der Waals surface area contributed by atoms with Crippen LogP contribution in [0.25, 0.3) is 10.2 Å². The van der Waals surface area contributed by atoms with Gasteiger partial charge in [-0.05, 0) is 36.8 Å². The Hall–Kier alpha value is -2.34.